The smallest absolute Gasteiger partial charge is 0.418 e. The van der Waals surface area contributed by atoms with Gasteiger partial charge in [-0.2, -0.15) is 4.57 Å². The summed E-state index contributed by atoms with van der Waals surface area (Å²) in [5.41, 5.74) is 6.37. The molecule has 0 radical (unpaired) electrons. The van der Waals surface area contributed by atoms with Crippen molar-refractivity contribution in [2.24, 2.45) is 0 Å². The van der Waals surface area contributed by atoms with Gasteiger partial charge < -0.3 is 27.5 Å². The second-order valence-electron chi connectivity index (χ2n) is 7.55. The van der Waals surface area contributed by atoms with Crippen LogP contribution in [0.1, 0.15) is 0 Å². The molecule has 3 nitrogen and oxygen atoms in total. The standard InChI is InChI=1S/C26H24NO2.BF4/c28-19-24(29)18-27-25(21-12-6-2-7-13-21)16-23(20-10-4-1-5-11-20)17-26(27)22-14-8-3-9-15-22;2-1(3,4)5/h1-17,24,28-29H,18-19H2;/q+1;-1. The van der Waals surface area contributed by atoms with Gasteiger partial charge in [0.1, 0.15) is 6.10 Å². The highest BCUT2D eigenvalue weighted by atomic mass is 19.5. The molecule has 0 fully saturated rings. The summed E-state index contributed by atoms with van der Waals surface area (Å²) in [5, 5.41) is 19.8. The minimum absolute atomic E-state index is 0.282. The van der Waals surface area contributed by atoms with Crippen LogP contribution in [-0.4, -0.2) is 30.2 Å². The zero-order chi connectivity index (χ0) is 24.6. The number of benzene rings is 3. The van der Waals surface area contributed by atoms with Crippen LogP contribution in [-0.2, 0) is 6.54 Å². The Kier molecular flexibility index (Phi) is 8.57. The average molecular weight is 469 g/mol. The molecule has 0 aliphatic rings. The number of pyridine rings is 1. The number of aliphatic hydroxyl groups is 2. The number of hydrogen-bond acceptors (Lipinski definition) is 2. The Morgan fingerprint density at radius 1 is 0.618 bits per heavy atom. The number of halogens is 4. The molecule has 1 atom stereocenters. The van der Waals surface area contributed by atoms with E-state index in [9.17, 15) is 27.5 Å². The molecular formula is C26H24BF4NO2. The van der Waals surface area contributed by atoms with Gasteiger partial charge in [0, 0.05) is 23.3 Å². The number of aliphatic hydroxyl groups excluding tert-OH is 2. The number of rotatable bonds is 6. The molecule has 8 heteroatoms. The van der Waals surface area contributed by atoms with E-state index in [1.165, 1.54) is 0 Å². The lowest BCUT2D eigenvalue weighted by atomic mass is 9.99. The van der Waals surface area contributed by atoms with Crippen LogP contribution in [0.15, 0.2) is 103 Å². The zero-order valence-electron chi connectivity index (χ0n) is 18.2. The fraction of sp³-hybridized carbons (Fsp3) is 0.115. The van der Waals surface area contributed by atoms with E-state index in [1.54, 1.807) is 0 Å². The fourth-order valence-corrected chi connectivity index (χ4v) is 3.58. The van der Waals surface area contributed by atoms with Crippen molar-refractivity contribution in [1.82, 2.24) is 0 Å². The molecule has 1 aromatic heterocycles. The molecule has 4 rings (SSSR count). The summed E-state index contributed by atoms with van der Waals surface area (Å²) >= 11 is 0. The van der Waals surface area contributed by atoms with Gasteiger partial charge in [-0.25, -0.2) is 0 Å². The monoisotopic (exact) mass is 469 g/mol. The van der Waals surface area contributed by atoms with Gasteiger partial charge in [-0.3, -0.25) is 0 Å². The maximum absolute atomic E-state index is 10.3. The Balaban J connectivity index is 0.000000588. The van der Waals surface area contributed by atoms with E-state index >= 15 is 0 Å². The van der Waals surface area contributed by atoms with Crippen molar-refractivity contribution in [3.63, 3.8) is 0 Å². The normalized spacial score (nSPS) is 11.9. The van der Waals surface area contributed by atoms with Gasteiger partial charge in [0.25, 0.3) is 0 Å². The van der Waals surface area contributed by atoms with Crippen molar-refractivity contribution in [1.29, 1.82) is 0 Å². The average Bonchev–Trinajstić information content (AvgIpc) is 2.84. The van der Waals surface area contributed by atoms with Crippen molar-refractivity contribution in [2.75, 3.05) is 6.61 Å². The van der Waals surface area contributed by atoms with Crippen LogP contribution < -0.4 is 4.57 Å². The van der Waals surface area contributed by atoms with Gasteiger partial charge in [0.15, 0.2) is 6.54 Å². The van der Waals surface area contributed by atoms with Crippen LogP contribution in [0.25, 0.3) is 33.6 Å². The third-order valence-corrected chi connectivity index (χ3v) is 5.02. The Bertz CT molecular complexity index is 1110. The van der Waals surface area contributed by atoms with E-state index in [0.29, 0.717) is 6.54 Å². The van der Waals surface area contributed by atoms with E-state index in [1.807, 2.05) is 54.6 Å². The summed E-state index contributed by atoms with van der Waals surface area (Å²) in [5.74, 6) is 0. The first-order valence-electron chi connectivity index (χ1n) is 10.7. The SMILES string of the molecule is F[B-](F)(F)F.OCC(O)C[n+]1c(-c2ccccc2)cc(-c2ccccc2)cc1-c1ccccc1. The van der Waals surface area contributed by atoms with Gasteiger partial charge in [-0.05, 0) is 35.4 Å². The molecule has 0 bridgehead atoms. The maximum atomic E-state index is 10.3. The van der Waals surface area contributed by atoms with Crippen LogP contribution in [0.2, 0.25) is 0 Å². The molecule has 0 spiro atoms. The highest BCUT2D eigenvalue weighted by Crippen LogP contribution is 2.29. The predicted molar refractivity (Wildman–Crippen MR) is 126 cm³/mol. The van der Waals surface area contributed by atoms with Crippen LogP contribution in [0.4, 0.5) is 17.3 Å². The maximum Gasteiger partial charge on any atom is 0.673 e. The summed E-state index contributed by atoms with van der Waals surface area (Å²) in [6, 6.07) is 34.9. The molecule has 3 aromatic carbocycles. The first-order valence-corrected chi connectivity index (χ1v) is 10.7. The van der Waals surface area contributed by atoms with Crippen molar-refractivity contribution < 1.29 is 32.0 Å². The Morgan fingerprint density at radius 3 is 1.32 bits per heavy atom. The molecule has 0 amide bonds. The van der Waals surface area contributed by atoms with Crippen molar-refractivity contribution in [3.8, 4) is 33.6 Å². The summed E-state index contributed by atoms with van der Waals surface area (Å²) in [6.45, 7) is 0.0237. The summed E-state index contributed by atoms with van der Waals surface area (Å²) in [4.78, 5) is 0. The molecule has 2 N–H and O–H groups in total. The topological polar surface area (TPSA) is 44.3 Å². The Morgan fingerprint density at radius 2 is 0.971 bits per heavy atom. The number of hydrogen-bond donors (Lipinski definition) is 2. The summed E-state index contributed by atoms with van der Waals surface area (Å²) in [6.07, 6.45) is -0.840. The van der Waals surface area contributed by atoms with Crippen molar-refractivity contribution in [3.05, 3.63) is 103 Å². The third-order valence-electron chi connectivity index (χ3n) is 5.02. The Labute approximate surface area is 195 Å². The summed E-state index contributed by atoms with van der Waals surface area (Å²) in [7, 11) is -6.00. The van der Waals surface area contributed by atoms with Gasteiger partial charge in [0.05, 0.1) is 6.61 Å². The largest absolute Gasteiger partial charge is 0.673 e. The minimum Gasteiger partial charge on any atom is -0.418 e. The molecule has 1 unspecified atom stereocenters. The predicted octanol–water partition coefficient (Wildman–Crippen LogP) is 5.63. The number of aromatic nitrogens is 1. The van der Waals surface area contributed by atoms with Gasteiger partial charge in [-0.1, -0.05) is 66.7 Å². The number of nitrogens with zero attached hydrogens (tertiary/aromatic N) is 1. The highest BCUT2D eigenvalue weighted by Gasteiger charge is 2.25. The minimum atomic E-state index is -6.00. The molecule has 34 heavy (non-hydrogen) atoms. The van der Waals surface area contributed by atoms with E-state index in [4.69, 9.17) is 0 Å². The molecule has 0 saturated carbocycles. The molecular weight excluding hydrogens is 445 g/mol. The van der Waals surface area contributed by atoms with E-state index < -0.39 is 13.4 Å². The van der Waals surface area contributed by atoms with Crippen LogP contribution >= 0.6 is 0 Å². The third kappa shape index (κ3) is 7.26. The fourth-order valence-electron chi connectivity index (χ4n) is 3.58. The van der Waals surface area contributed by atoms with Crippen LogP contribution in [0, 0.1) is 0 Å². The quantitative estimate of drug-likeness (QED) is 0.219. The highest BCUT2D eigenvalue weighted by molar-refractivity contribution is 6.50. The molecule has 0 aliphatic heterocycles. The van der Waals surface area contributed by atoms with E-state index in [2.05, 4.69) is 53.1 Å². The van der Waals surface area contributed by atoms with Crippen molar-refractivity contribution in [2.45, 2.75) is 12.6 Å². The van der Waals surface area contributed by atoms with Gasteiger partial charge >= 0.3 is 7.25 Å². The molecule has 0 aliphatic carbocycles. The van der Waals surface area contributed by atoms with Gasteiger partial charge in [-0.15, -0.1) is 0 Å². The second kappa shape index (κ2) is 11.6. The molecule has 1 heterocycles. The van der Waals surface area contributed by atoms with Crippen LogP contribution in [0.5, 0.6) is 0 Å². The summed E-state index contributed by atoms with van der Waals surface area (Å²) < 4.78 is 41.1. The van der Waals surface area contributed by atoms with Crippen molar-refractivity contribution >= 4 is 7.25 Å². The molecule has 176 valence electrons. The van der Waals surface area contributed by atoms with E-state index in [0.717, 1.165) is 33.6 Å². The first-order chi connectivity index (χ1) is 16.3. The second-order valence-corrected chi connectivity index (χ2v) is 7.55. The molecule has 0 saturated heterocycles. The first kappa shape index (κ1) is 25.1. The lowest BCUT2D eigenvalue weighted by Crippen LogP contribution is -2.45. The lowest BCUT2D eigenvalue weighted by molar-refractivity contribution is -0.682. The molecule has 4 aromatic rings. The zero-order valence-corrected chi connectivity index (χ0v) is 18.2. The van der Waals surface area contributed by atoms with E-state index in [-0.39, 0.29) is 6.61 Å². The lowest BCUT2D eigenvalue weighted by Gasteiger charge is -2.14. The van der Waals surface area contributed by atoms with Crippen LogP contribution in [0.3, 0.4) is 0 Å². The van der Waals surface area contributed by atoms with Gasteiger partial charge in [0.2, 0.25) is 11.4 Å². The Hall–Kier alpha value is -3.49.